The molecule has 19 heavy (non-hydrogen) atoms. The summed E-state index contributed by atoms with van der Waals surface area (Å²) in [5.74, 6) is -0.802. The molecule has 0 radical (unpaired) electrons. The minimum absolute atomic E-state index is 0.176. The first-order valence-corrected chi connectivity index (χ1v) is 7.24. The zero-order valence-corrected chi connectivity index (χ0v) is 11.7. The molecule has 104 valence electrons. The van der Waals surface area contributed by atoms with Gasteiger partial charge in [-0.3, -0.25) is 4.79 Å². The molecule has 1 fully saturated rings. The molecule has 1 saturated heterocycles. The fourth-order valence-corrected chi connectivity index (χ4v) is 2.99. The number of rotatable bonds is 4. The molecule has 2 heterocycles. The molecule has 6 heteroatoms. The van der Waals surface area contributed by atoms with E-state index in [9.17, 15) is 14.7 Å². The molecule has 1 aliphatic rings. The van der Waals surface area contributed by atoms with E-state index in [2.05, 4.69) is 5.32 Å². The van der Waals surface area contributed by atoms with Gasteiger partial charge in [0.1, 0.15) is 0 Å². The third kappa shape index (κ3) is 2.89. The number of carboxylic acid groups (broad SMARTS) is 1. The highest BCUT2D eigenvalue weighted by Crippen LogP contribution is 2.34. The summed E-state index contributed by atoms with van der Waals surface area (Å²) < 4.78 is 0. The highest BCUT2D eigenvalue weighted by molar-refractivity contribution is 7.09. The number of nitrogens with zero attached hydrogens (tertiary/aromatic N) is 1. The summed E-state index contributed by atoms with van der Waals surface area (Å²) in [5, 5.41) is 14.1. The molecule has 1 aliphatic heterocycles. The third-order valence-corrected chi connectivity index (χ3v) is 4.64. The number of carbonyl (C=O) groups excluding carboxylic acids is 1. The fraction of sp³-hybridized carbons (Fsp3) is 0.538. The van der Waals surface area contributed by atoms with Gasteiger partial charge in [-0.1, -0.05) is 13.0 Å². The first-order chi connectivity index (χ1) is 9.07. The number of urea groups is 1. The lowest BCUT2D eigenvalue weighted by molar-refractivity contribution is -0.148. The van der Waals surface area contributed by atoms with E-state index in [0.717, 1.165) is 4.88 Å². The van der Waals surface area contributed by atoms with Crippen LogP contribution in [0.4, 0.5) is 4.79 Å². The van der Waals surface area contributed by atoms with Crippen molar-refractivity contribution in [2.75, 3.05) is 13.1 Å². The molecule has 2 rings (SSSR count). The number of carbonyl (C=O) groups is 2. The van der Waals surface area contributed by atoms with Crippen molar-refractivity contribution in [3.05, 3.63) is 22.4 Å². The van der Waals surface area contributed by atoms with Crippen LogP contribution in [0.5, 0.6) is 0 Å². The quantitative estimate of drug-likeness (QED) is 0.889. The molecule has 1 atom stereocenters. The number of likely N-dealkylation sites (tertiary alicyclic amines) is 1. The average molecular weight is 282 g/mol. The Balaban J connectivity index is 1.89. The molecule has 0 spiro atoms. The highest BCUT2D eigenvalue weighted by Gasteiger charge is 2.44. The van der Waals surface area contributed by atoms with Gasteiger partial charge in [0.15, 0.2) is 0 Å². The normalized spacial score (nSPS) is 22.5. The summed E-state index contributed by atoms with van der Waals surface area (Å²) in [5.41, 5.74) is -0.764. The van der Waals surface area contributed by atoms with Gasteiger partial charge in [-0.15, -0.1) is 11.3 Å². The summed E-state index contributed by atoms with van der Waals surface area (Å²) in [6, 6.07) is 3.72. The van der Waals surface area contributed by atoms with Gasteiger partial charge in [0.2, 0.25) is 0 Å². The summed E-state index contributed by atoms with van der Waals surface area (Å²) in [4.78, 5) is 26.0. The standard InChI is InChI=1S/C13H18N2O3S/c1-2-13(11(16)17)5-6-15(9-13)12(18)14-8-10-4-3-7-19-10/h3-4,7H,2,5-6,8-9H2,1H3,(H,14,18)(H,16,17). The van der Waals surface area contributed by atoms with Crippen molar-refractivity contribution in [2.45, 2.75) is 26.3 Å². The highest BCUT2D eigenvalue weighted by atomic mass is 32.1. The number of amides is 2. The SMILES string of the molecule is CCC1(C(=O)O)CCN(C(=O)NCc2cccs2)C1. The van der Waals surface area contributed by atoms with Crippen LogP contribution in [0.2, 0.25) is 0 Å². The van der Waals surface area contributed by atoms with E-state index >= 15 is 0 Å². The Hall–Kier alpha value is -1.56. The van der Waals surface area contributed by atoms with Crippen LogP contribution < -0.4 is 5.32 Å². The maximum atomic E-state index is 12.0. The van der Waals surface area contributed by atoms with Gasteiger partial charge in [-0.2, -0.15) is 0 Å². The van der Waals surface area contributed by atoms with E-state index in [-0.39, 0.29) is 6.03 Å². The van der Waals surface area contributed by atoms with E-state index in [0.29, 0.717) is 32.5 Å². The minimum Gasteiger partial charge on any atom is -0.481 e. The largest absolute Gasteiger partial charge is 0.481 e. The molecule has 1 unspecified atom stereocenters. The van der Waals surface area contributed by atoms with Crippen molar-refractivity contribution >= 4 is 23.3 Å². The predicted molar refractivity (Wildman–Crippen MR) is 73.1 cm³/mol. The Morgan fingerprint density at radius 3 is 2.89 bits per heavy atom. The van der Waals surface area contributed by atoms with E-state index in [1.54, 1.807) is 16.2 Å². The molecule has 5 nitrogen and oxygen atoms in total. The summed E-state index contributed by atoms with van der Waals surface area (Å²) in [6.45, 7) is 3.17. The first-order valence-electron chi connectivity index (χ1n) is 6.36. The second kappa shape index (κ2) is 5.61. The number of aliphatic carboxylic acids is 1. The van der Waals surface area contributed by atoms with Crippen molar-refractivity contribution in [1.29, 1.82) is 0 Å². The van der Waals surface area contributed by atoms with Crippen LogP contribution in [-0.4, -0.2) is 35.1 Å². The number of thiophene rings is 1. The van der Waals surface area contributed by atoms with Gasteiger partial charge < -0.3 is 15.3 Å². The lowest BCUT2D eigenvalue weighted by Crippen LogP contribution is -2.41. The molecule has 1 aromatic rings. The van der Waals surface area contributed by atoms with Crippen molar-refractivity contribution in [3.8, 4) is 0 Å². The van der Waals surface area contributed by atoms with Crippen LogP contribution in [-0.2, 0) is 11.3 Å². The van der Waals surface area contributed by atoms with Crippen LogP contribution in [0.15, 0.2) is 17.5 Å². The van der Waals surface area contributed by atoms with Crippen LogP contribution in [0, 0.1) is 5.41 Å². The summed E-state index contributed by atoms with van der Waals surface area (Å²) >= 11 is 1.59. The predicted octanol–water partition coefficient (Wildman–Crippen LogP) is 2.14. The molecule has 0 aromatic carbocycles. The molecule has 1 aromatic heterocycles. The van der Waals surface area contributed by atoms with Crippen LogP contribution >= 0.6 is 11.3 Å². The minimum atomic E-state index is -0.802. The zero-order chi connectivity index (χ0) is 13.9. The van der Waals surface area contributed by atoms with E-state index in [1.165, 1.54) is 0 Å². The van der Waals surface area contributed by atoms with Crippen molar-refractivity contribution in [1.82, 2.24) is 10.2 Å². The molecule has 2 amide bonds. The second-order valence-corrected chi connectivity index (χ2v) is 5.88. The number of hydrogen-bond donors (Lipinski definition) is 2. The Bertz CT molecular complexity index is 460. The fourth-order valence-electron chi connectivity index (χ4n) is 2.35. The van der Waals surface area contributed by atoms with E-state index in [1.807, 2.05) is 24.4 Å². The summed E-state index contributed by atoms with van der Waals surface area (Å²) in [6.07, 6.45) is 1.09. The zero-order valence-electron chi connectivity index (χ0n) is 10.9. The van der Waals surface area contributed by atoms with Crippen LogP contribution in [0.25, 0.3) is 0 Å². The third-order valence-electron chi connectivity index (χ3n) is 3.77. The lowest BCUT2D eigenvalue weighted by atomic mass is 9.84. The van der Waals surface area contributed by atoms with Crippen LogP contribution in [0.3, 0.4) is 0 Å². The maximum absolute atomic E-state index is 12.0. The van der Waals surface area contributed by atoms with Crippen molar-refractivity contribution in [3.63, 3.8) is 0 Å². The molecule has 0 aliphatic carbocycles. The van der Waals surface area contributed by atoms with Gasteiger partial charge in [-0.25, -0.2) is 4.79 Å². The second-order valence-electron chi connectivity index (χ2n) is 4.85. The summed E-state index contributed by atoms with van der Waals surface area (Å²) in [7, 11) is 0. The Labute approximate surface area is 116 Å². The Morgan fingerprint density at radius 1 is 1.58 bits per heavy atom. The number of hydrogen-bond acceptors (Lipinski definition) is 3. The topological polar surface area (TPSA) is 69.6 Å². The molecule has 0 bridgehead atoms. The first kappa shape index (κ1) is 13.9. The smallest absolute Gasteiger partial charge is 0.317 e. The monoisotopic (exact) mass is 282 g/mol. The van der Waals surface area contributed by atoms with Crippen molar-refractivity contribution in [2.24, 2.45) is 5.41 Å². The van der Waals surface area contributed by atoms with E-state index in [4.69, 9.17) is 0 Å². The van der Waals surface area contributed by atoms with Crippen molar-refractivity contribution < 1.29 is 14.7 Å². The molecule has 2 N–H and O–H groups in total. The Kier molecular flexibility index (Phi) is 4.09. The van der Waals surface area contributed by atoms with Gasteiger partial charge >= 0.3 is 12.0 Å². The van der Waals surface area contributed by atoms with Crippen LogP contribution in [0.1, 0.15) is 24.6 Å². The Morgan fingerprint density at radius 2 is 2.37 bits per heavy atom. The van der Waals surface area contributed by atoms with Gasteiger partial charge in [0.25, 0.3) is 0 Å². The van der Waals surface area contributed by atoms with Gasteiger partial charge in [-0.05, 0) is 24.3 Å². The van der Waals surface area contributed by atoms with Gasteiger partial charge in [0, 0.05) is 18.0 Å². The van der Waals surface area contributed by atoms with E-state index < -0.39 is 11.4 Å². The maximum Gasteiger partial charge on any atom is 0.317 e. The number of carboxylic acids is 1. The molecular weight excluding hydrogens is 264 g/mol. The van der Waals surface area contributed by atoms with Gasteiger partial charge in [0.05, 0.1) is 12.0 Å². The molecule has 0 saturated carbocycles. The lowest BCUT2D eigenvalue weighted by Gasteiger charge is -2.23. The molecular formula is C13H18N2O3S. The number of nitrogens with one attached hydrogen (secondary N) is 1. The average Bonchev–Trinajstić information content (AvgIpc) is 3.05.